The minimum atomic E-state index is -0.436. The van der Waals surface area contributed by atoms with Crippen molar-refractivity contribution in [1.29, 1.82) is 0 Å². The Balaban J connectivity index is 1.70. The van der Waals surface area contributed by atoms with Gasteiger partial charge in [0.1, 0.15) is 0 Å². The Morgan fingerprint density at radius 3 is 2.64 bits per heavy atom. The Labute approximate surface area is 133 Å². The van der Waals surface area contributed by atoms with Crippen LogP contribution in [0.25, 0.3) is 0 Å². The molecule has 1 saturated heterocycles. The normalized spacial score (nSPS) is 29.4. The van der Waals surface area contributed by atoms with Crippen molar-refractivity contribution in [2.24, 2.45) is 11.8 Å². The molecule has 1 aromatic carbocycles. The van der Waals surface area contributed by atoms with Gasteiger partial charge in [0.15, 0.2) is 11.5 Å². The van der Waals surface area contributed by atoms with Crippen LogP contribution in [-0.4, -0.2) is 42.9 Å². The molecule has 0 radical (unpaired) electrons. The van der Waals surface area contributed by atoms with Gasteiger partial charge in [0.25, 0.3) is 0 Å². The van der Waals surface area contributed by atoms with Crippen LogP contribution in [0.1, 0.15) is 31.7 Å². The standard InChI is InChI=1S/C18H27NO3/c1-13-11-19(10-9-18(13,20)15-7-8-15)12-14-5-4-6-16(21-2)17(14)22-3/h4-6,13,15,20H,7-12H2,1-3H3/t13-,18+/m1/s1. The highest BCUT2D eigenvalue weighted by atomic mass is 16.5. The number of hydrogen-bond acceptors (Lipinski definition) is 4. The van der Waals surface area contributed by atoms with Crippen molar-refractivity contribution in [3.8, 4) is 11.5 Å². The van der Waals surface area contributed by atoms with E-state index < -0.39 is 5.60 Å². The number of nitrogens with zero attached hydrogens (tertiary/aromatic N) is 1. The van der Waals surface area contributed by atoms with Crippen LogP contribution in [-0.2, 0) is 6.54 Å². The molecular formula is C18H27NO3. The first kappa shape index (κ1) is 15.6. The average molecular weight is 305 g/mol. The summed E-state index contributed by atoms with van der Waals surface area (Å²) in [6, 6.07) is 6.02. The minimum absolute atomic E-state index is 0.324. The second-order valence-electron chi connectivity index (χ2n) is 6.80. The lowest BCUT2D eigenvalue weighted by Crippen LogP contribution is -2.51. The van der Waals surface area contributed by atoms with Crippen molar-refractivity contribution in [2.45, 2.75) is 38.3 Å². The van der Waals surface area contributed by atoms with Crippen LogP contribution in [0.15, 0.2) is 18.2 Å². The highest BCUT2D eigenvalue weighted by Crippen LogP contribution is 2.47. The van der Waals surface area contributed by atoms with Crippen molar-refractivity contribution in [3.63, 3.8) is 0 Å². The largest absolute Gasteiger partial charge is 0.493 e. The third-order valence-corrected chi connectivity index (χ3v) is 5.38. The van der Waals surface area contributed by atoms with Crippen molar-refractivity contribution in [2.75, 3.05) is 27.3 Å². The van der Waals surface area contributed by atoms with E-state index >= 15 is 0 Å². The van der Waals surface area contributed by atoms with E-state index in [0.29, 0.717) is 11.8 Å². The fraction of sp³-hybridized carbons (Fsp3) is 0.667. The number of likely N-dealkylation sites (tertiary alicyclic amines) is 1. The molecule has 1 N–H and O–H groups in total. The molecule has 1 heterocycles. The first-order valence-electron chi connectivity index (χ1n) is 8.23. The highest BCUT2D eigenvalue weighted by molar-refractivity contribution is 5.46. The topological polar surface area (TPSA) is 41.9 Å². The molecule has 2 aliphatic rings. The number of benzene rings is 1. The van der Waals surface area contributed by atoms with Gasteiger partial charge in [-0.1, -0.05) is 19.1 Å². The van der Waals surface area contributed by atoms with Crippen molar-refractivity contribution >= 4 is 0 Å². The molecule has 4 nitrogen and oxygen atoms in total. The van der Waals surface area contributed by atoms with Crippen molar-refractivity contribution in [1.82, 2.24) is 4.90 Å². The fourth-order valence-corrected chi connectivity index (χ4v) is 3.87. The van der Waals surface area contributed by atoms with Gasteiger partial charge in [0, 0.05) is 25.2 Å². The van der Waals surface area contributed by atoms with E-state index in [1.807, 2.05) is 12.1 Å². The SMILES string of the molecule is COc1cccc(CN2CC[C@@](O)(C3CC3)[C@H](C)C2)c1OC. The molecule has 1 aromatic rings. The monoisotopic (exact) mass is 305 g/mol. The number of methoxy groups -OCH3 is 2. The lowest BCUT2D eigenvalue weighted by molar-refractivity contribution is -0.0833. The highest BCUT2D eigenvalue weighted by Gasteiger charge is 2.49. The maximum atomic E-state index is 10.9. The van der Waals surface area contributed by atoms with Crippen LogP contribution in [0, 0.1) is 11.8 Å². The Hall–Kier alpha value is -1.26. The Kier molecular flexibility index (Phi) is 4.33. The average Bonchev–Trinajstić information content (AvgIpc) is 3.36. The van der Waals surface area contributed by atoms with Crippen LogP contribution < -0.4 is 9.47 Å². The van der Waals surface area contributed by atoms with Gasteiger partial charge in [0.2, 0.25) is 0 Å². The second-order valence-corrected chi connectivity index (χ2v) is 6.80. The number of para-hydroxylation sites is 1. The number of rotatable bonds is 5. The van der Waals surface area contributed by atoms with Crippen molar-refractivity contribution in [3.05, 3.63) is 23.8 Å². The van der Waals surface area contributed by atoms with E-state index in [4.69, 9.17) is 9.47 Å². The molecule has 4 heteroatoms. The zero-order valence-electron chi connectivity index (χ0n) is 13.8. The van der Waals surface area contributed by atoms with Gasteiger partial charge in [-0.15, -0.1) is 0 Å². The third-order valence-electron chi connectivity index (χ3n) is 5.38. The molecule has 0 amide bonds. The summed E-state index contributed by atoms with van der Waals surface area (Å²) in [6.07, 6.45) is 3.28. The van der Waals surface area contributed by atoms with Gasteiger partial charge in [-0.25, -0.2) is 0 Å². The van der Waals surface area contributed by atoms with Gasteiger partial charge in [-0.05, 0) is 37.2 Å². The minimum Gasteiger partial charge on any atom is -0.493 e. The zero-order chi connectivity index (χ0) is 15.7. The molecule has 1 aliphatic heterocycles. The summed E-state index contributed by atoms with van der Waals surface area (Å²) in [5, 5.41) is 10.9. The number of hydrogen-bond donors (Lipinski definition) is 1. The van der Waals surface area contributed by atoms with E-state index in [9.17, 15) is 5.11 Å². The van der Waals surface area contributed by atoms with Crippen LogP contribution in [0.5, 0.6) is 11.5 Å². The summed E-state index contributed by atoms with van der Waals surface area (Å²) >= 11 is 0. The maximum Gasteiger partial charge on any atom is 0.165 e. The Bertz CT molecular complexity index is 529. The summed E-state index contributed by atoms with van der Waals surface area (Å²) < 4.78 is 10.9. The molecule has 1 saturated carbocycles. The van der Waals surface area contributed by atoms with Gasteiger partial charge in [-0.3, -0.25) is 4.90 Å². The van der Waals surface area contributed by atoms with Gasteiger partial charge in [-0.2, -0.15) is 0 Å². The summed E-state index contributed by atoms with van der Waals surface area (Å²) in [5.41, 5.74) is 0.709. The predicted molar refractivity (Wildman–Crippen MR) is 86.3 cm³/mol. The maximum absolute atomic E-state index is 10.9. The smallest absolute Gasteiger partial charge is 0.165 e. The zero-order valence-corrected chi connectivity index (χ0v) is 13.8. The summed E-state index contributed by atoms with van der Waals surface area (Å²) in [6.45, 7) is 4.91. The fourth-order valence-electron chi connectivity index (χ4n) is 3.87. The van der Waals surface area contributed by atoms with E-state index in [2.05, 4.69) is 17.9 Å². The van der Waals surface area contributed by atoms with Gasteiger partial charge < -0.3 is 14.6 Å². The molecule has 2 fully saturated rings. The Morgan fingerprint density at radius 2 is 2.05 bits per heavy atom. The van der Waals surface area contributed by atoms with E-state index in [0.717, 1.165) is 43.1 Å². The molecule has 0 spiro atoms. The lowest BCUT2D eigenvalue weighted by atomic mass is 9.78. The molecule has 122 valence electrons. The summed E-state index contributed by atoms with van der Waals surface area (Å²) in [5.74, 6) is 2.46. The molecule has 0 unspecified atom stereocenters. The second kappa shape index (κ2) is 6.09. The molecule has 2 atom stereocenters. The molecule has 1 aliphatic carbocycles. The number of ether oxygens (including phenoxy) is 2. The van der Waals surface area contributed by atoms with Crippen molar-refractivity contribution < 1.29 is 14.6 Å². The summed E-state index contributed by atoms with van der Waals surface area (Å²) in [4.78, 5) is 2.42. The Morgan fingerprint density at radius 1 is 1.27 bits per heavy atom. The first-order chi connectivity index (χ1) is 10.6. The molecule has 3 rings (SSSR count). The summed E-state index contributed by atoms with van der Waals surface area (Å²) in [7, 11) is 3.35. The van der Waals surface area contributed by atoms with Crippen LogP contribution in [0.2, 0.25) is 0 Å². The van der Waals surface area contributed by atoms with E-state index in [1.54, 1.807) is 14.2 Å². The molecular weight excluding hydrogens is 278 g/mol. The van der Waals surface area contributed by atoms with Crippen LogP contribution in [0.3, 0.4) is 0 Å². The number of piperidine rings is 1. The third kappa shape index (κ3) is 2.82. The first-order valence-corrected chi connectivity index (χ1v) is 8.23. The lowest BCUT2D eigenvalue weighted by Gasteiger charge is -2.43. The van der Waals surface area contributed by atoms with Gasteiger partial charge in [0.05, 0.1) is 19.8 Å². The van der Waals surface area contributed by atoms with Crippen LogP contribution in [0.4, 0.5) is 0 Å². The molecule has 22 heavy (non-hydrogen) atoms. The predicted octanol–water partition coefficient (Wildman–Crippen LogP) is 2.69. The molecule has 0 aromatic heterocycles. The van der Waals surface area contributed by atoms with Crippen LogP contribution >= 0.6 is 0 Å². The van der Waals surface area contributed by atoms with E-state index in [1.165, 1.54) is 12.8 Å². The quantitative estimate of drug-likeness (QED) is 0.908. The number of aliphatic hydroxyl groups is 1. The van der Waals surface area contributed by atoms with Gasteiger partial charge >= 0.3 is 0 Å². The van der Waals surface area contributed by atoms with E-state index in [-0.39, 0.29) is 0 Å². The molecule has 0 bridgehead atoms.